The van der Waals surface area contributed by atoms with E-state index in [2.05, 4.69) is 34.6 Å². The van der Waals surface area contributed by atoms with E-state index in [0.29, 0.717) is 36.5 Å². The Morgan fingerprint density at radius 3 is 2.32 bits per heavy atom. The fourth-order valence-corrected chi connectivity index (χ4v) is 10.2. The predicted octanol–water partition coefficient (Wildman–Crippen LogP) is 4.07. The van der Waals surface area contributed by atoms with Crippen LogP contribution in [0.2, 0.25) is 0 Å². The predicted molar refractivity (Wildman–Crippen MR) is 155 cm³/mol. The van der Waals surface area contributed by atoms with Crippen molar-refractivity contribution in [2.24, 2.45) is 46.3 Å². The van der Waals surface area contributed by atoms with Crippen LogP contribution in [0.5, 0.6) is 0 Å². The lowest BCUT2D eigenvalue weighted by Crippen LogP contribution is -2.60. The Kier molecular flexibility index (Phi) is 9.26. The number of aliphatic hydroxyl groups excluding tert-OH is 6. The van der Waals surface area contributed by atoms with Crippen LogP contribution in [-0.2, 0) is 9.47 Å². The van der Waals surface area contributed by atoms with E-state index in [9.17, 15) is 30.6 Å². The van der Waals surface area contributed by atoms with Gasteiger partial charge in [0, 0.05) is 0 Å². The number of aliphatic hydroxyl groups is 6. The first-order valence-electron chi connectivity index (χ1n) is 16.4. The maximum atomic E-state index is 11.7. The molecule has 1 aliphatic heterocycles. The molecule has 0 aromatic rings. The van der Waals surface area contributed by atoms with Gasteiger partial charge < -0.3 is 40.1 Å². The van der Waals surface area contributed by atoms with Crippen molar-refractivity contribution in [3.05, 3.63) is 11.3 Å². The van der Waals surface area contributed by atoms with Gasteiger partial charge in [0.25, 0.3) is 0 Å². The molecule has 6 N–H and O–H groups in total. The van der Waals surface area contributed by atoms with Crippen LogP contribution in [0.3, 0.4) is 0 Å². The van der Waals surface area contributed by atoms with Crippen LogP contribution in [0.15, 0.2) is 11.3 Å². The molecule has 4 fully saturated rings. The zero-order valence-electron chi connectivity index (χ0n) is 25.8. The van der Waals surface area contributed by atoms with Gasteiger partial charge in [-0.1, -0.05) is 53.9 Å². The number of fused-ring (bicyclic) bond motifs is 5. The zero-order chi connectivity index (χ0) is 29.9. The van der Waals surface area contributed by atoms with Gasteiger partial charge in [-0.15, -0.1) is 0 Å². The minimum atomic E-state index is -1.49. The molecule has 236 valence electrons. The second-order valence-corrected chi connectivity index (χ2v) is 15.2. The van der Waals surface area contributed by atoms with Gasteiger partial charge >= 0.3 is 0 Å². The van der Waals surface area contributed by atoms with E-state index in [0.717, 1.165) is 30.8 Å². The minimum Gasteiger partial charge on any atom is -0.510 e. The van der Waals surface area contributed by atoms with Gasteiger partial charge in [0.05, 0.1) is 12.7 Å². The van der Waals surface area contributed by atoms with Crippen molar-refractivity contribution in [3.63, 3.8) is 0 Å². The highest BCUT2D eigenvalue weighted by atomic mass is 16.7. The summed E-state index contributed by atoms with van der Waals surface area (Å²) in [6, 6.07) is 0. The van der Waals surface area contributed by atoms with E-state index >= 15 is 0 Å². The lowest BCUT2D eigenvalue weighted by atomic mass is 9.46. The topological polar surface area (TPSA) is 140 Å². The van der Waals surface area contributed by atoms with Crippen molar-refractivity contribution in [3.8, 4) is 0 Å². The van der Waals surface area contributed by atoms with Gasteiger partial charge in [-0.05, 0) is 96.9 Å². The summed E-state index contributed by atoms with van der Waals surface area (Å²) in [5, 5.41) is 63.6. The molecule has 8 nitrogen and oxygen atoms in total. The second kappa shape index (κ2) is 12.0. The van der Waals surface area contributed by atoms with E-state index < -0.39 is 43.4 Å². The van der Waals surface area contributed by atoms with Crippen molar-refractivity contribution in [1.29, 1.82) is 0 Å². The Hall–Kier alpha value is -0.740. The highest BCUT2D eigenvalue weighted by Crippen LogP contribution is 2.68. The normalized spacial score (nSPS) is 49.0. The van der Waals surface area contributed by atoms with Crippen molar-refractivity contribution in [2.75, 3.05) is 6.61 Å². The number of hydrogen-bond acceptors (Lipinski definition) is 8. The van der Waals surface area contributed by atoms with Crippen LogP contribution >= 0.6 is 0 Å². The van der Waals surface area contributed by atoms with Gasteiger partial charge in [0.2, 0.25) is 0 Å². The molecule has 5 rings (SSSR count). The van der Waals surface area contributed by atoms with Crippen LogP contribution in [0.4, 0.5) is 0 Å². The van der Waals surface area contributed by atoms with Crippen LogP contribution in [0.25, 0.3) is 0 Å². The van der Waals surface area contributed by atoms with Crippen molar-refractivity contribution in [1.82, 2.24) is 0 Å². The van der Waals surface area contributed by atoms with E-state index in [-0.39, 0.29) is 28.6 Å². The Balaban J connectivity index is 1.31. The molecular weight excluding hydrogens is 524 g/mol. The first-order valence-corrected chi connectivity index (χ1v) is 16.4. The lowest BCUT2D eigenvalue weighted by molar-refractivity contribution is -0.313. The fourth-order valence-electron chi connectivity index (χ4n) is 10.2. The molecule has 1 heterocycles. The summed E-state index contributed by atoms with van der Waals surface area (Å²) in [7, 11) is 0. The van der Waals surface area contributed by atoms with Gasteiger partial charge in [-0.3, -0.25) is 0 Å². The summed E-state index contributed by atoms with van der Waals surface area (Å²) in [5.74, 6) is 2.93. The molecule has 0 radical (unpaired) electrons. The van der Waals surface area contributed by atoms with Gasteiger partial charge in [-0.2, -0.15) is 0 Å². The van der Waals surface area contributed by atoms with Gasteiger partial charge in [0.1, 0.15) is 36.3 Å². The first-order chi connectivity index (χ1) is 19.3. The Morgan fingerprint density at radius 2 is 1.63 bits per heavy atom. The van der Waals surface area contributed by atoms with Crippen molar-refractivity contribution < 1.29 is 40.1 Å². The van der Waals surface area contributed by atoms with Crippen molar-refractivity contribution >= 4 is 0 Å². The maximum Gasteiger partial charge on any atom is 0.186 e. The molecule has 41 heavy (non-hydrogen) atoms. The molecule has 0 spiro atoms. The first kappa shape index (κ1) is 31.7. The van der Waals surface area contributed by atoms with E-state index in [1.807, 2.05) is 0 Å². The van der Waals surface area contributed by atoms with Gasteiger partial charge in [0.15, 0.2) is 6.29 Å². The fraction of sp³-hybridized carbons (Fsp3) is 0.939. The highest BCUT2D eigenvalue weighted by molar-refractivity contribution is 5.31. The summed E-state index contributed by atoms with van der Waals surface area (Å²) in [5.41, 5.74) is 0.815. The molecule has 3 saturated carbocycles. The molecule has 5 aliphatic rings. The minimum absolute atomic E-state index is 0.0540. The van der Waals surface area contributed by atoms with Gasteiger partial charge in [-0.25, -0.2) is 0 Å². The van der Waals surface area contributed by atoms with Crippen LogP contribution in [0.1, 0.15) is 98.8 Å². The molecule has 0 bridgehead atoms. The third-order valence-corrected chi connectivity index (χ3v) is 12.6. The zero-order valence-corrected chi connectivity index (χ0v) is 25.8. The van der Waals surface area contributed by atoms with Crippen LogP contribution < -0.4 is 0 Å². The molecule has 5 unspecified atom stereocenters. The average molecular weight is 581 g/mol. The molecule has 4 aliphatic carbocycles. The van der Waals surface area contributed by atoms with E-state index in [1.54, 1.807) is 0 Å². The summed E-state index contributed by atoms with van der Waals surface area (Å²) in [6.45, 7) is 11.3. The Morgan fingerprint density at radius 1 is 0.902 bits per heavy atom. The molecule has 8 heteroatoms. The standard InChI is InChI=1S/C33H56O8/c1-17(2)7-6-8-18(3)20-9-10-21-25-22(12-14-32(20,21)4)33(5)13-11-19(15-23(33)26(35)28(25)37)40-31-30(39)29(38)27(36)24(16-34)41-31/h17-22,24-25,27-31,34-39H,6-16H2,1-5H3/t18-,19?,20-,21?,22?,24-,25?,27-,28?,29+,30+,31+,32-,33-/m1/s1. The average Bonchev–Trinajstić information content (AvgIpc) is 3.29. The SMILES string of the molecule is CC(C)CCC[C@@H](C)[C@H]1CCC2C3C(O)C(O)=C4CC(O[C@H]5O[C@H](CO)[C@@H](O)[C@H](O)[C@@H]5O)CC[C@]4(C)C3CC[C@@]21C. The smallest absolute Gasteiger partial charge is 0.186 e. The molecule has 1 saturated heterocycles. The molecule has 0 amide bonds. The summed E-state index contributed by atoms with van der Waals surface area (Å²) in [4.78, 5) is 0. The monoisotopic (exact) mass is 580 g/mol. The van der Waals surface area contributed by atoms with Crippen LogP contribution in [-0.4, -0.2) is 80.2 Å². The van der Waals surface area contributed by atoms with Crippen LogP contribution in [0, 0.1) is 46.3 Å². The number of ether oxygens (including phenoxy) is 2. The number of rotatable bonds is 8. The van der Waals surface area contributed by atoms with E-state index in [4.69, 9.17) is 9.47 Å². The molecule has 14 atom stereocenters. The third kappa shape index (κ3) is 5.42. The van der Waals surface area contributed by atoms with Crippen molar-refractivity contribution in [2.45, 2.75) is 142 Å². The summed E-state index contributed by atoms with van der Waals surface area (Å²) in [6.07, 6.45) is 2.40. The molecular formula is C33H56O8. The maximum absolute atomic E-state index is 11.7. The largest absolute Gasteiger partial charge is 0.510 e. The Bertz CT molecular complexity index is 952. The second-order valence-electron chi connectivity index (χ2n) is 15.2. The quantitative estimate of drug-likeness (QED) is 0.253. The molecule has 0 aromatic carbocycles. The Labute approximate surface area is 246 Å². The highest BCUT2D eigenvalue weighted by Gasteiger charge is 2.63. The lowest BCUT2D eigenvalue weighted by Gasteiger charge is -2.60. The third-order valence-electron chi connectivity index (χ3n) is 12.6. The number of hydrogen-bond donors (Lipinski definition) is 6. The molecule has 0 aromatic heterocycles. The summed E-state index contributed by atoms with van der Waals surface area (Å²) < 4.78 is 11.7. The van der Waals surface area contributed by atoms with E-state index in [1.165, 1.54) is 32.1 Å². The summed E-state index contributed by atoms with van der Waals surface area (Å²) >= 11 is 0.